The van der Waals surface area contributed by atoms with Gasteiger partial charge >= 0.3 is 0 Å². The quantitative estimate of drug-likeness (QED) is 0.637. The van der Waals surface area contributed by atoms with Gasteiger partial charge in [-0.3, -0.25) is 4.79 Å². The van der Waals surface area contributed by atoms with Crippen LogP contribution in [-0.4, -0.2) is 12.5 Å². The van der Waals surface area contributed by atoms with Gasteiger partial charge in [0.25, 0.3) is 5.91 Å². The molecule has 3 heteroatoms. The Morgan fingerprint density at radius 2 is 1.59 bits per heavy atom. The van der Waals surface area contributed by atoms with Crippen molar-refractivity contribution >= 4 is 5.91 Å². The maximum Gasteiger partial charge on any atom is 0.258 e. The van der Waals surface area contributed by atoms with Gasteiger partial charge in [0, 0.05) is 0 Å². The second kappa shape index (κ2) is 8.95. The SMILES string of the molecule is Cc1ccc([C@H](NC(=O)COc2ccc3c(c2)CCCC3)c2ccccc2)cc1. The smallest absolute Gasteiger partial charge is 0.258 e. The van der Waals surface area contributed by atoms with Crippen LogP contribution in [-0.2, 0) is 17.6 Å². The molecule has 1 N–H and O–H groups in total. The molecule has 0 fully saturated rings. The number of hydrogen-bond acceptors (Lipinski definition) is 2. The number of carbonyl (C=O) groups excluding carboxylic acids is 1. The molecule has 3 aromatic rings. The highest BCUT2D eigenvalue weighted by molar-refractivity contribution is 5.78. The van der Waals surface area contributed by atoms with Gasteiger partial charge in [-0.1, -0.05) is 66.2 Å². The van der Waals surface area contributed by atoms with Crippen LogP contribution in [0.5, 0.6) is 5.75 Å². The maximum absolute atomic E-state index is 12.7. The first-order valence-corrected chi connectivity index (χ1v) is 10.3. The lowest BCUT2D eigenvalue weighted by molar-refractivity contribution is -0.123. The summed E-state index contributed by atoms with van der Waals surface area (Å²) in [5.74, 6) is 0.643. The fraction of sp³-hybridized carbons (Fsp3) is 0.269. The van der Waals surface area contributed by atoms with E-state index in [-0.39, 0.29) is 18.6 Å². The van der Waals surface area contributed by atoms with Gasteiger partial charge in [-0.2, -0.15) is 0 Å². The van der Waals surface area contributed by atoms with Crippen molar-refractivity contribution in [3.8, 4) is 5.75 Å². The molecular formula is C26H27NO2. The summed E-state index contributed by atoms with van der Waals surface area (Å²) in [6.07, 6.45) is 4.73. The van der Waals surface area contributed by atoms with Gasteiger partial charge in [-0.05, 0) is 67.0 Å². The van der Waals surface area contributed by atoms with E-state index in [9.17, 15) is 4.79 Å². The zero-order chi connectivity index (χ0) is 20.1. The van der Waals surface area contributed by atoms with E-state index in [1.165, 1.54) is 29.5 Å². The molecule has 0 radical (unpaired) electrons. The van der Waals surface area contributed by atoms with E-state index >= 15 is 0 Å². The first kappa shape index (κ1) is 19.3. The van der Waals surface area contributed by atoms with E-state index in [0.29, 0.717) is 0 Å². The summed E-state index contributed by atoms with van der Waals surface area (Å²) in [6.45, 7) is 2.07. The summed E-state index contributed by atoms with van der Waals surface area (Å²) in [5, 5.41) is 3.14. The molecule has 3 nitrogen and oxygen atoms in total. The second-order valence-corrected chi connectivity index (χ2v) is 7.75. The number of carbonyl (C=O) groups is 1. The third-order valence-corrected chi connectivity index (χ3v) is 5.54. The topological polar surface area (TPSA) is 38.3 Å². The van der Waals surface area contributed by atoms with Gasteiger partial charge in [0.2, 0.25) is 0 Å². The summed E-state index contributed by atoms with van der Waals surface area (Å²) in [5.41, 5.74) is 6.08. The molecule has 0 spiro atoms. The van der Waals surface area contributed by atoms with Crippen molar-refractivity contribution in [2.45, 2.75) is 38.6 Å². The van der Waals surface area contributed by atoms with E-state index in [4.69, 9.17) is 4.74 Å². The molecule has 1 aliphatic rings. The summed E-state index contributed by atoms with van der Waals surface area (Å²) in [6, 6.07) is 24.3. The molecule has 0 heterocycles. The second-order valence-electron chi connectivity index (χ2n) is 7.75. The van der Waals surface area contributed by atoms with Crippen molar-refractivity contribution in [3.05, 3.63) is 101 Å². The Bertz CT molecular complexity index is 964. The summed E-state index contributed by atoms with van der Waals surface area (Å²) in [4.78, 5) is 12.7. The van der Waals surface area contributed by atoms with E-state index in [0.717, 1.165) is 29.7 Å². The highest BCUT2D eigenvalue weighted by Crippen LogP contribution is 2.26. The summed E-state index contributed by atoms with van der Waals surface area (Å²) in [7, 11) is 0. The highest BCUT2D eigenvalue weighted by Gasteiger charge is 2.17. The van der Waals surface area contributed by atoms with Crippen LogP contribution in [0.3, 0.4) is 0 Å². The molecule has 3 aromatic carbocycles. The molecule has 1 atom stereocenters. The third kappa shape index (κ3) is 4.86. The zero-order valence-corrected chi connectivity index (χ0v) is 16.9. The molecule has 0 bridgehead atoms. The van der Waals surface area contributed by atoms with Gasteiger partial charge < -0.3 is 10.1 Å². The van der Waals surface area contributed by atoms with Crippen LogP contribution in [0.2, 0.25) is 0 Å². The Hall–Kier alpha value is -3.07. The molecule has 4 rings (SSSR count). The normalized spacial score (nSPS) is 14.0. The van der Waals surface area contributed by atoms with Crippen LogP contribution in [0.1, 0.15) is 46.7 Å². The number of benzene rings is 3. The van der Waals surface area contributed by atoms with E-state index in [1.807, 2.05) is 36.4 Å². The molecule has 1 aliphatic carbocycles. The van der Waals surface area contributed by atoms with Gasteiger partial charge in [-0.15, -0.1) is 0 Å². The average molecular weight is 386 g/mol. The van der Waals surface area contributed by atoms with Crippen LogP contribution < -0.4 is 10.1 Å². The van der Waals surface area contributed by atoms with E-state index < -0.39 is 0 Å². The first-order chi connectivity index (χ1) is 14.2. The number of rotatable bonds is 6. The maximum atomic E-state index is 12.7. The summed E-state index contributed by atoms with van der Waals surface area (Å²) >= 11 is 0. The Morgan fingerprint density at radius 1 is 0.897 bits per heavy atom. The Labute approximate surface area is 172 Å². The molecule has 29 heavy (non-hydrogen) atoms. The minimum absolute atomic E-state index is 0.00792. The average Bonchev–Trinajstić information content (AvgIpc) is 2.77. The lowest BCUT2D eigenvalue weighted by Gasteiger charge is -2.21. The van der Waals surface area contributed by atoms with Crippen molar-refractivity contribution < 1.29 is 9.53 Å². The highest BCUT2D eigenvalue weighted by atomic mass is 16.5. The van der Waals surface area contributed by atoms with Gasteiger partial charge in [0.1, 0.15) is 5.75 Å². The van der Waals surface area contributed by atoms with Crippen LogP contribution >= 0.6 is 0 Å². The molecule has 0 saturated heterocycles. The zero-order valence-electron chi connectivity index (χ0n) is 16.9. The molecule has 0 aliphatic heterocycles. The fourth-order valence-corrected chi connectivity index (χ4v) is 3.91. The number of hydrogen-bond donors (Lipinski definition) is 1. The number of ether oxygens (including phenoxy) is 1. The van der Waals surface area contributed by atoms with E-state index in [1.54, 1.807) is 0 Å². The minimum atomic E-state index is -0.198. The van der Waals surface area contributed by atoms with Crippen LogP contribution in [0.15, 0.2) is 72.8 Å². The standard InChI is InChI=1S/C26H27NO2/c1-19-11-13-22(14-12-19)26(21-8-3-2-4-9-21)27-25(28)18-29-24-16-15-20-7-5-6-10-23(20)17-24/h2-4,8-9,11-17,26H,5-7,10,18H2,1H3,(H,27,28)/t26-/m1/s1. The van der Waals surface area contributed by atoms with Gasteiger partial charge in [0.15, 0.2) is 6.61 Å². The molecule has 0 unspecified atom stereocenters. The van der Waals surface area contributed by atoms with Crippen LogP contribution in [0.25, 0.3) is 0 Å². The predicted molar refractivity (Wildman–Crippen MR) is 116 cm³/mol. The molecule has 0 aromatic heterocycles. The van der Waals surface area contributed by atoms with Crippen molar-refractivity contribution in [1.29, 1.82) is 0 Å². The summed E-state index contributed by atoms with van der Waals surface area (Å²) < 4.78 is 5.81. The predicted octanol–water partition coefficient (Wildman–Crippen LogP) is 5.16. The van der Waals surface area contributed by atoms with Crippen molar-refractivity contribution in [2.75, 3.05) is 6.61 Å². The van der Waals surface area contributed by atoms with Gasteiger partial charge in [0.05, 0.1) is 6.04 Å². The molecule has 1 amide bonds. The third-order valence-electron chi connectivity index (χ3n) is 5.54. The largest absolute Gasteiger partial charge is 0.484 e. The van der Waals surface area contributed by atoms with E-state index in [2.05, 4.69) is 48.6 Å². The Balaban J connectivity index is 1.45. The fourth-order valence-electron chi connectivity index (χ4n) is 3.91. The molecule has 148 valence electrons. The number of fused-ring (bicyclic) bond motifs is 1. The number of nitrogens with one attached hydrogen (secondary N) is 1. The molecular weight excluding hydrogens is 358 g/mol. The van der Waals surface area contributed by atoms with Gasteiger partial charge in [-0.25, -0.2) is 0 Å². The van der Waals surface area contributed by atoms with Crippen molar-refractivity contribution in [3.63, 3.8) is 0 Å². The van der Waals surface area contributed by atoms with Crippen molar-refractivity contribution in [2.24, 2.45) is 0 Å². The lowest BCUT2D eigenvalue weighted by atomic mass is 9.92. The monoisotopic (exact) mass is 385 g/mol. The Kier molecular flexibility index (Phi) is 5.95. The minimum Gasteiger partial charge on any atom is -0.484 e. The van der Waals surface area contributed by atoms with Crippen LogP contribution in [0.4, 0.5) is 0 Å². The Morgan fingerprint density at radius 3 is 2.34 bits per heavy atom. The number of aryl methyl sites for hydroxylation is 3. The first-order valence-electron chi connectivity index (χ1n) is 10.3. The number of amides is 1. The lowest BCUT2D eigenvalue weighted by Crippen LogP contribution is -2.33. The van der Waals surface area contributed by atoms with Crippen LogP contribution in [0, 0.1) is 6.92 Å². The molecule has 0 saturated carbocycles. The van der Waals surface area contributed by atoms with Crippen molar-refractivity contribution in [1.82, 2.24) is 5.32 Å².